The lowest BCUT2D eigenvalue weighted by atomic mass is 10.1. The van der Waals surface area contributed by atoms with Gasteiger partial charge in [-0.25, -0.2) is 0 Å². The van der Waals surface area contributed by atoms with Crippen LogP contribution >= 0.6 is 0 Å². The molecule has 2 unspecified atom stereocenters. The second kappa shape index (κ2) is 4.07. The first-order valence-electron chi connectivity index (χ1n) is 5.03. The van der Waals surface area contributed by atoms with Crippen LogP contribution in [0.4, 0.5) is 13.2 Å². The third-order valence-corrected chi connectivity index (χ3v) is 2.50. The molecule has 0 saturated carbocycles. The van der Waals surface area contributed by atoms with Gasteiger partial charge in [0.1, 0.15) is 6.23 Å². The smallest absolute Gasteiger partial charge is 0.355 e. The van der Waals surface area contributed by atoms with E-state index < -0.39 is 11.7 Å². The largest absolute Gasteiger partial charge is 0.416 e. The van der Waals surface area contributed by atoms with Crippen molar-refractivity contribution in [2.45, 2.75) is 25.4 Å². The Morgan fingerprint density at radius 1 is 1.25 bits per heavy atom. The van der Waals surface area contributed by atoms with Crippen LogP contribution in [0.25, 0.3) is 0 Å². The minimum Gasteiger partial charge on any atom is -0.355 e. The number of rotatable bonds is 1. The molecular formula is C11H12F3NO. The number of ether oxygens (including phenoxy) is 1. The van der Waals surface area contributed by atoms with Crippen molar-refractivity contribution in [3.63, 3.8) is 0 Å². The molecule has 0 aliphatic carbocycles. The van der Waals surface area contributed by atoms with Crippen molar-refractivity contribution in [3.05, 3.63) is 35.4 Å². The van der Waals surface area contributed by atoms with Crippen LogP contribution in [0.1, 0.15) is 24.3 Å². The molecular weight excluding hydrogens is 219 g/mol. The monoisotopic (exact) mass is 231 g/mol. The lowest BCUT2D eigenvalue weighted by molar-refractivity contribution is -0.137. The highest BCUT2D eigenvalue weighted by molar-refractivity contribution is 5.26. The zero-order valence-corrected chi connectivity index (χ0v) is 8.71. The fourth-order valence-corrected chi connectivity index (χ4v) is 1.64. The summed E-state index contributed by atoms with van der Waals surface area (Å²) in [4.78, 5) is 0. The number of benzene rings is 1. The fraction of sp³-hybridized carbons (Fsp3) is 0.455. The van der Waals surface area contributed by atoms with Gasteiger partial charge in [-0.2, -0.15) is 13.2 Å². The maximum atomic E-state index is 12.3. The molecule has 0 spiro atoms. The van der Waals surface area contributed by atoms with E-state index in [0.717, 1.165) is 17.7 Å². The Morgan fingerprint density at radius 2 is 1.88 bits per heavy atom. The van der Waals surface area contributed by atoms with Gasteiger partial charge in [0.05, 0.1) is 11.7 Å². The first kappa shape index (κ1) is 11.4. The van der Waals surface area contributed by atoms with Crippen LogP contribution in [0.15, 0.2) is 24.3 Å². The molecule has 5 heteroatoms. The normalized spacial score (nSPS) is 26.0. The number of halogens is 3. The van der Waals surface area contributed by atoms with E-state index in [0.29, 0.717) is 6.54 Å². The van der Waals surface area contributed by atoms with Gasteiger partial charge in [0, 0.05) is 6.54 Å². The lowest BCUT2D eigenvalue weighted by Gasteiger charge is -2.12. The zero-order valence-electron chi connectivity index (χ0n) is 8.71. The molecule has 2 atom stereocenters. The van der Waals surface area contributed by atoms with Crippen LogP contribution < -0.4 is 5.32 Å². The summed E-state index contributed by atoms with van der Waals surface area (Å²) in [5.74, 6) is 0. The second-order valence-electron chi connectivity index (χ2n) is 3.85. The first-order chi connectivity index (χ1) is 7.47. The summed E-state index contributed by atoms with van der Waals surface area (Å²) in [6, 6.07) is 5.03. The minimum atomic E-state index is -4.28. The lowest BCUT2D eigenvalue weighted by Crippen LogP contribution is -2.14. The topological polar surface area (TPSA) is 21.3 Å². The predicted molar refractivity (Wildman–Crippen MR) is 52.7 cm³/mol. The van der Waals surface area contributed by atoms with Gasteiger partial charge in [-0.15, -0.1) is 0 Å². The van der Waals surface area contributed by atoms with E-state index in [9.17, 15) is 13.2 Å². The first-order valence-corrected chi connectivity index (χ1v) is 5.03. The number of alkyl halides is 3. The Bertz CT molecular complexity index is 360. The van der Waals surface area contributed by atoms with Gasteiger partial charge in [0.25, 0.3) is 0 Å². The van der Waals surface area contributed by atoms with Crippen LogP contribution in [0.2, 0.25) is 0 Å². The predicted octanol–water partition coefficient (Wildman–Crippen LogP) is 2.71. The highest BCUT2D eigenvalue weighted by Gasteiger charge is 2.30. The molecule has 1 saturated heterocycles. The summed E-state index contributed by atoms with van der Waals surface area (Å²) in [5.41, 5.74) is 0.0830. The molecule has 1 aliphatic rings. The Kier molecular flexibility index (Phi) is 2.90. The van der Waals surface area contributed by atoms with E-state index >= 15 is 0 Å². The maximum absolute atomic E-state index is 12.3. The van der Waals surface area contributed by atoms with Crippen molar-refractivity contribution in [1.29, 1.82) is 0 Å². The van der Waals surface area contributed by atoms with Gasteiger partial charge in [-0.05, 0) is 24.6 Å². The average Bonchev–Trinajstić information content (AvgIpc) is 2.64. The average molecular weight is 231 g/mol. The number of nitrogens with one attached hydrogen (secondary N) is 1. The Labute approximate surface area is 91.4 Å². The molecule has 1 aliphatic heterocycles. The summed E-state index contributed by atoms with van der Waals surface area (Å²) >= 11 is 0. The summed E-state index contributed by atoms with van der Waals surface area (Å²) in [6.07, 6.45) is -4.49. The van der Waals surface area contributed by atoms with Crippen molar-refractivity contribution in [1.82, 2.24) is 5.32 Å². The third-order valence-electron chi connectivity index (χ3n) is 2.50. The van der Waals surface area contributed by atoms with E-state index in [-0.39, 0.29) is 12.3 Å². The van der Waals surface area contributed by atoms with Crippen LogP contribution in [0, 0.1) is 0 Å². The van der Waals surface area contributed by atoms with Crippen LogP contribution in [-0.4, -0.2) is 12.6 Å². The highest BCUT2D eigenvalue weighted by Crippen LogP contribution is 2.30. The minimum absolute atomic E-state index is 0.0901. The Hall–Kier alpha value is -1.07. The summed E-state index contributed by atoms with van der Waals surface area (Å²) in [5, 5.41) is 3.08. The van der Waals surface area contributed by atoms with Crippen molar-refractivity contribution >= 4 is 0 Å². The molecule has 1 aromatic carbocycles. The third kappa shape index (κ3) is 2.36. The Morgan fingerprint density at radius 3 is 2.31 bits per heavy atom. The molecule has 2 nitrogen and oxygen atoms in total. The van der Waals surface area contributed by atoms with Gasteiger partial charge in [-0.1, -0.05) is 12.1 Å². The molecule has 1 N–H and O–H groups in total. The zero-order chi connectivity index (χ0) is 11.8. The fourth-order valence-electron chi connectivity index (χ4n) is 1.64. The van der Waals surface area contributed by atoms with Crippen molar-refractivity contribution < 1.29 is 17.9 Å². The highest BCUT2D eigenvalue weighted by atomic mass is 19.4. The van der Waals surface area contributed by atoms with E-state index in [1.807, 2.05) is 6.92 Å². The van der Waals surface area contributed by atoms with Crippen LogP contribution in [0.3, 0.4) is 0 Å². The molecule has 1 fully saturated rings. The molecule has 0 aromatic heterocycles. The van der Waals surface area contributed by atoms with Crippen LogP contribution in [0.5, 0.6) is 0 Å². The van der Waals surface area contributed by atoms with Gasteiger partial charge in [0.15, 0.2) is 0 Å². The second-order valence-corrected chi connectivity index (χ2v) is 3.85. The molecule has 0 amide bonds. The van der Waals surface area contributed by atoms with Gasteiger partial charge in [0.2, 0.25) is 0 Å². The van der Waals surface area contributed by atoms with E-state index in [2.05, 4.69) is 5.32 Å². The molecule has 1 aromatic rings. The summed E-state index contributed by atoms with van der Waals surface area (Å²) in [7, 11) is 0. The van der Waals surface area contributed by atoms with E-state index in [1.54, 1.807) is 0 Å². The standard InChI is InChI=1S/C11H12F3NO/c1-7-6-15-10(16-7)8-2-4-9(5-3-8)11(12,13)14/h2-5,7,10,15H,6H2,1H3. The van der Waals surface area contributed by atoms with Gasteiger partial charge in [-0.3, -0.25) is 5.32 Å². The quantitative estimate of drug-likeness (QED) is 0.802. The Balaban J connectivity index is 2.14. The maximum Gasteiger partial charge on any atom is 0.416 e. The SMILES string of the molecule is CC1CNC(c2ccc(C(F)(F)F)cc2)O1. The molecule has 0 bridgehead atoms. The van der Waals surface area contributed by atoms with Crippen molar-refractivity contribution in [3.8, 4) is 0 Å². The molecule has 2 rings (SSSR count). The molecule has 88 valence electrons. The van der Waals surface area contributed by atoms with Crippen molar-refractivity contribution in [2.24, 2.45) is 0 Å². The van der Waals surface area contributed by atoms with Crippen molar-refractivity contribution in [2.75, 3.05) is 6.54 Å². The summed E-state index contributed by atoms with van der Waals surface area (Å²) in [6.45, 7) is 2.63. The van der Waals surface area contributed by atoms with E-state index in [4.69, 9.17) is 4.74 Å². The van der Waals surface area contributed by atoms with Gasteiger partial charge < -0.3 is 4.74 Å². The van der Waals surface area contributed by atoms with Crippen LogP contribution in [-0.2, 0) is 10.9 Å². The van der Waals surface area contributed by atoms with Gasteiger partial charge >= 0.3 is 6.18 Å². The summed E-state index contributed by atoms with van der Waals surface area (Å²) < 4.78 is 42.4. The molecule has 16 heavy (non-hydrogen) atoms. The number of hydrogen-bond donors (Lipinski definition) is 1. The molecule has 1 heterocycles. The number of hydrogen-bond acceptors (Lipinski definition) is 2. The molecule has 0 radical (unpaired) electrons. The van der Waals surface area contributed by atoms with E-state index in [1.165, 1.54) is 12.1 Å².